The monoisotopic (exact) mass is 283 g/mol. The molecule has 1 amide bonds. The van der Waals surface area contributed by atoms with Crippen LogP contribution in [0, 0.1) is 17.0 Å². The van der Waals surface area contributed by atoms with Crippen LogP contribution in [-0.2, 0) is 0 Å². The first-order valence-corrected chi connectivity index (χ1v) is 6.21. The molecule has 0 spiro atoms. The molecule has 0 radical (unpaired) electrons. The van der Waals surface area contributed by atoms with E-state index in [9.17, 15) is 14.9 Å². The highest BCUT2D eigenvalue weighted by Crippen LogP contribution is 2.19. The number of hydrogen-bond acceptors (Lipinski definition) is 4. The van der Waals surface area contributed by atoms with Crippen LogP contribution in [0.4, 0.5) is 5.69 Å². The van der Waals surface area contributed by atoms with E-state index in [4.69, 9.17) is 0 Å². The smallest absolute Gasteiger partial charge is 0.267 e. The summed E-state index contributed by atoms with van der Waals surface area (Å²) in [5.74, 6) is -0.495. The molecule has 21 heavy (non-hydrogen) atoms. The van der Waals surface area contributed by atoms with Gasteiger partial charge in [0.2, 0.25) is 0 Å². The first-order valence-electron chi connectivity index (χ1n) is 6.21. The van der Waals surface area contributed by atoms with Gasteiger partial charge in [-0.1, -0.05) is 36.4 Å². The number of amides is 1. The lowest BCUT2D eigenvalue weighted by atomic mass is 10.1. The van der Waals surface area contributed by atoms with Crippen LogP contribution in [-0.4, -0.2) is 17.0 Å². The first-order chi connectivity index (χ1) is 10.1. The standard InChI is InChI=1S/C15H13N3O3/c1-11-7-8-13(9-14(11)18(20)21)15(19)17-16-10-12-5-3-2-4-6-12/h2-10H,1H3,(H,17,19)/b16-10-. The lowest BCUT2D eigenvalue weighted by molar-refractivity contribution is -0.385. The largest absolute Gasteiger partial charge is 0.273 e. The topological polar surface area (TPSA) is 84.6 Å². The van der Waals surface area contributed by atoms with Gasteiger partial charge in [-0.25, -0.2) is 5.43 Å². The van der Waals surface area contributed by atoms with E-state index < -0.39 is 10.8 Å². The van der Waals surface area contributed by atoms with Crippen molar-refractivity contribution in [3.63, 3.8) is 0 Å². The zero-order valence-electron chi connectivity index (χ0n) is 11.3. The van der Waals surface area contributed by atoms with E-state index >= 15 is 0 Å². The Morgan fingerprint density at radius 3 is 2.62 bits per heavy atom. The molecule has 0 saturated heterocycles. The van der Waals surface area contributed by atoms with Crippen LogP contribution in [0.3, 0.4) is 0 Å². The van der Waals surface area contributed by atoms with Gasteiger partial charge in [-0.05, 0) is 18.6 Å². The Balaban J connectivity index is 2.09. The number of nitro benzene ring substituents is 1. The third-order valence-corrected chi connectivity index (χ3v) is 2.85. The zero-order valence-corrected chi connectivity index (χ0v) is 11.3. The molecule has 6 heteroatoms. The van der Waals surface area contributed by atoms with Crippen LogP contribution in [0.5, 0.6) is 0 Å². The summed E-state index contributed by atoms with van der Waals surface area (Å²) in [5.41, 5.74) is 3.79. The van der Waals surface area contributed by atoms with Gasteiger partial charge >= 0.3 is 0 Å². The van der Waals surface area contributed by atoms with E-state index in [1.54, 1.807) is 6.92 Å². The fourth-order valence-electron chi connectivity index (χ4n) is 1.72. The molecule has 0 fully saturated rings. The molecule has 106 valence electrons. The number of nitrogens with one attached hydrogen (secondary N) is 1. The Labute approximate surface area is 121 Å². The van der Waals surface area contributed by atoms with Crippen LogP contribution < -0.4 is 5.43 Å². The number of aryl methyl sites for hydroxylation is 1. The fourth-order valence-corrected chi connectivity index (χ4v) is 1.72. The van der Waals surface area contributed by atoms with Gasteiger partial charge in [0.25, 0.3) is 11.6 Å². The van der Waals surface area contributed by atoms with Gasteiger partial charge in [0.05, 0.1) is 11.1 Å². The van der Waals surface area contributed by atoms with Gasteiger partial charge in [0.15, 0.2) is 0 Å². The summed E-state index contributed by atoms with van der Waals surface area (Å²) in [6.45, 7) is 1.62. The molecule has 0 aliphatic heterocycles. The molecule has 2 rings (SSSR count). The van der Waals surface area contributed by atoms with Crippen LogP contribution >= 0.6 is 0 Å². The van der Waals surface area contributed by atoms with E-state index in [0.29, 0.717) is 5.56 Å². The molecular weight excluding hydrogens is 270 g/mol. The minimum atomic E-state index is -0.515. The summed E-state index contributed by atoms with van der Waals surface area (Å²) in [7, 11) is 0. The number of rotatable bonds is 4. The van der Waals surface area contributed by atoms with Gasteiger partial charge in [-0.3, -0.25) is 14.9 Å². The van der Waals surface area contributed by atoms with Gasteiger partial charge in [0.1, 0.15) is 0 Å². The van der Waals surface area contributed by atoms with Gasteiger partial charge in [0, 0.05) is 17.2 Å². The highest BCUT2D eigenvalue weighted by Gasteiger charge is 2.14. The van der Waals surface area contributed by atoms with Crippen LogP contribution in [0.2, 0.25) is 0 Å². The second-order valence-corrected chi connectivity index (χ2v) is 4.37. The van der Waals surface area contributed by atoms with E-state index in [0.717, 1.165) is 5.56 Å². The fraction of sp³-hybridized carbons (Fsp3) is 0.0667. The predicted molar refractivity (Wildman–Crippen MR) is 79.3 cm³/mol. The van der Waals surface area contributed by atoms with Crippen molar-refractivity contribution in [3.05, 3.63) is 75.3 Å². The Morgan fingerprint density at radius 2 is 1.95 bits per heavy atom. The van der Waals surface area contributed by atoms with E-state index in [1.807, 2.05) is 30.3 Å². The lowest BCUT2D eigenvalue weighted by Gasteiger charge is -2.02. The maximum atomic E-state index is 11.9. The molecule has 0 unspecified atom stereocenters. The third kappa shape index (κ3) is 3.73. The number of benzene rings is 2. The summed E-state index contributed by atoms with van der Waals surface area (Å²) in [4.78, 5) is 22.2. The molecule has 0 bridgehead atoms. The summed E-state index contributed by atoms with van der Waals surface area (Å²) in [6, 6.07) is 13.6. The third-order valence-electron chi connectivity index (χ3n) is 2.85. The van der Waals surface area contributed by atoms with Crippen molar-refractivity contribution in [1.29, 1.82) is 0 Å². The molecule has 6 nitrogen and oxygen atoms in total. The number of hydrazone groups is 1. The highest BCUT2D eigenvalue weighted by atomic mass is 16.6. The maximum absolute atomic E-state index is 11.9. The van der Waals surface area contributed by atoms with Crippen molar-refractivity contribution in [2.24, 2.45) is 5.10 Å². The maximum Gasteiger partial charge on any atom is 0.273 e. The molecule has 1 N–H and O–H groups in total. The predicted octanol–water partition coefficient (Wildman–Crippen LogP) is 2.67. The number of carbonyl (C=O) groups is 1. The summed E-state index contributed by atoms with van der Waals surface area (Å²) >= 11 is 0. The van der Waals surface area contributed by atoms with Crippen molar-refractivity contribution in [1.82, 2.24) is 5.43 Å². The molecule has 0 aromatic heterocycles. The molecule has 2 aromatic rings. The summed E-state index contributed by atoms with van der Waals surface area (Å²) in [6.07, 6.45) is 1.50. The van der Waals surface area contributed by atoms with Gasteiger partial charge in [-0.15, -0.1) is 0 Å². The van der Waals surface area contributed by atoms with E-state index in [1.165, 1.54) is 24.4 Å². The molecule has 0 aliphatic carbocycles. The molecule has 0 aliphatic rings. The second-order valence-electron chi connectivity index (χ2n) is 4.37. The first kappa shape index (κ1) is 14.4. The summed E-state index contributed by atoms with van der Waals surface area (Å²) < 4.78 is 0. The van der Waals surface area contributed by atoms with Crippen LogP contribution in [0.15, 0.2) is 53.6 Å². The Morgan fingerprint density at radius 1 is 1.24 bits per heavy atom. The van der Waals surface area contributed by atoms with Crippen molar-refractivity contribution >= 4 is 17.8 Å². The van der Waals surface area contributed by atoms with Crippen LogP contribution in [0.1, 0.15) is 21.5 Å². The van der Waals surface area contributed by atoms with E-state index in [2.05, 4.69) is 10.5 Å². The molecule has 2 aromatic carbocycles. The highest BCUT2D eigenvalue weighted by molar-refractivity contribution is 5.95. The number of carbonyl (C=O) groups excluding carboxylic acids is 1. The van der Waals surface area contributed by atoms with Crippen molar-refractivity contribution in [2.75, 3.05) is 0 Å². The Hall–Kier alpha value is -3.02. The number of nitrogens with zero attached hydrogens (tertiary/aromatic N) is 2. The Kier molecular flexibility index (Phi) is 4.40. The SMILES string of the molecule is Cc1ccc(C(=O)N/N=C\c2ccccc2)cc1[N+](=O)[O-]. The average molecular weight is 283 g/mol. The quantitative estimate of drug-likeness (QED) is 0.532. The molecule has 0 saturated carbocycles. The van der Waals surface area contributed by atoms with Gasteiger partial charge < -0.3 is 0 Å². The zero-order chi connectivity index (χ0) is 15.2. The van der Waals surface area contributed by atoms with E-state index in [-0.39, 0.29) is 11.3 Å². The lowest BCUT2D eigenvalue weighted by Crippen LogP contribution is -2.17. The van der Waals surface area contributed by atoms with Crippen molar-refractivity contribution in [3.8, 4) is 0 Å². The minimum Gasteiger partial charge on any atom is -0.267 e. The van der Waals surface area contributed by atoms with Crippen molar-refractivity contribution < 1.29 is 9.72 Å². The normalized spacial score (nSPS) is 10.5. The Bertz CT molecular complexity index is 697. The molecule has 0 atom stereocenters. The van der Waals surface area contributed by atoms with Crippen molar-refractivity contribution in [2.45, 2.75) is 6.92 Å². The average Bonchev–Trinajstić information content (AvgIpc) is 2.48. The second kappa shape index (κ2) is 6.42. The molecular formula is C15H13N3O3. The number of nitro groups is 1. The summed E-state index contributed by atoms with van der Waals surface area (Å²) in [5, 5.41) is 14.7. The molecule has 0 heterocycles. The minimum absolute atomic E-state index is 0.0883. The van der Waals surface area contributed by atoms with Gasteiger partial charge in [-0.2, -0.15) is 5.10 Å². The van der Waals surface area contributed by atoms with Crippen LogP contribution in [0.25, 0.3) is 0 Å². The number of hydrogen-bond donors (Lipinski definition) is 1.